The summed E-state index contributed by atoms with van der Waals surface area (Å²) >= 11 is 12.1. The Balaban J connectivity index is 1.72. The molecule has 0 heterocycles. The summed E-state index contributed by atoms with van der Waals surface area (Å²) in [5.41, 5.74) is 3.21. The van der Waals surface area contributed by atoms with E-state index >= 15 is 0 Å². The highest BCUT2D eigenvalue weighted by atomic mass is 35.5. The molecule has 3 aromatic rings. The van der Waals surface area contributed by atoms with Crippen molar-refractivity contribution in [3.63, 3.8) is 0 Å². The van der Waals surface area contributed by atoms with E-state index in [1.54, 1.807) is 25.1 Å². The van der Waals surface area contributed by atoms with E-state index < -0.39 is 24.0 Å². The average molecular weight is 554 g/mol. The van der Waals surface area contributed by atoms with Gasteiger partial charge in [0, 0.05) is 10.6 Å². The molecule has 0 aliphatic heterocycles. The van der Waals surface area contributed by atoms with Crippen LogP contribution in [-0.4, -0.2) is 36.8 Å². The average Bonchev–Trinajstić information content (AvgIpc) is 2.88. The molecule has 198 valence electrons. The highest BCUT2D eigenvalue weighted by Gasteiger charge is 2.25. The van der Waals surface area contributed by atoms with Gasteiger partial charge < -0.3 is 14.8 Å². The summed E-state index contributed by atoms with van der Waals surface area (Å²) in [6.07, 6.45) is 6.34. The van der Waals surface area contributed by atoms with Gasteiger partial charge in [0.25, 0.3) is 11.8 Å². The molecule has 7 nitrogen and oxygen atoms in total. The minimum absolute atomic E-state index is 0.0928. The monoisotopic (exact) mass is 553 g/mol. The van der Waals surface area contributed by atoms with Crippen molar-refractivity contribution in [3.8, 4) is 23.8 Å². The molecule has 0 saturated heterocycles. The molecule has 0 aromatic heterocycles. The Morgan fingerprint density at radius 1 is 1.05 bits per heavy atom. The number of fused-ring (bicyclic) bond motifs is 1. The van der Waals surface area contributed by atoms with E-state index in [0.29, 0.717) is 28.5 Å². The molecule has 0 fully saturated rings. The van der Waals surface area contributed by atoms with Gasteiger partial charge in [-0.05, 0) is 54.3 Å². The number of nitrogens with one attached hydrogen (secondary N) is 2. The summed E-state index contributed by atoms with van der Waals surface area (Å²) in [7, 11) is 0. The van der Waals surface area contributed by atoms with Crippen LogP contribution in [0.2, 0.25) is 10.0 Å². The van der Waals surface area contributed by atoms with Crippen LogP contribution < -0.4 is 20.2 Å². The smallest absolute Gasteiger partial charge is 0.262 e. The van der Waals surface area contributed by atoms with Crippen molar-refractivity contribution in [1.29, 1.82) is 0 Å². The van der Waals surface area contributed by atoms with E-state index in [1.165, 1.54) is 12.3 Å². The van der Waals surface area contributed by atoms with Crippen molar-refractivity contribution < 1.29 is 19.1 Å². The number of rotatable bonds is 11. The minimum atomic E-state index is -0.911. The first-order chi connectivity index (χ1) is 18.2. The molecule has 2 N–H and O–H groups in total. The van der Waals surface area contributed by atoms with E-state index in [2.05, 4.69) is 21.8 Å². The third-order valence-electron chi connectivity index (χ3n) is 5.52. The normalized spacial score (nSPS) is 12.7. The maximum Gasteiger partial charge on any atom is 0.262 e. The second kappa shape index (κ2) is 13.7. The van der Waals surface area contributed by atoms with Crippen molar-refractivity contribution in [2.45, 2.75) is 39.3 Å². The van der Waals surface area contributed by atoms with E-state index in [4.69, 9.17) is 39.1 Å². The number of halogens is 2. The Hall–Kier alpha value is -3.73. The van der Waals surface area contributed by atoms with E-state index in [9.17, 15) is 9.59 Å². The first-order valence-corrected chi connectivity index (χ1v) is 12.8. The van der Waals surface area contributed by atoms with Crippen LogP contribution in [0.4, 0.5) is 0 Å². The first kappa shape index (κ1) is 28.8. The number of carbonyl (C=O) groups is 2. The predicted octanol–water partition coefficient (Wildman–Crippen LogP) is 5.61. The lowest BCUT2D eigenvalue weighted by molar-refractivity contribution is -0.132. The third kappa shape index (κ3) is 7.88. The molecule has 0 spiro atoms. The molecule has 9 heteroatoms. The first-order valence-electron chi connectivity index (χ1n) is 12.0. The lowest BCUT2D eigenvalue weighted by Gasteiger charge is -2.22. The van der Waals surface area contributed by atoms with Gasteiger partial charge in [-0.2, -0.15) is 5.10 Å². The number of terminal acetylenes is 1. The standard InChI is InChI=1S/C29H29Cl2N3O4/c1-5-14-37-26-12-10-20-8-6-7-9-22(20)23(26)17-32-34-29(36)25(15-18(2)3)33-28(35)19(4)38-27-13-11-21(30)16-24(27)31/h1,6-13,16-19,25H,14-15H2,2-4H3,(H,33,35)(H,34,36)/b32-17-/t19-,25-/m1/s1. The van der Waals surface area contributed by atoms with Crippen LogP contribution in [0.5, 0.6) is 11.5 Å². The highest BCUT2D eigenvalue weighted by molar-refractivity contribution is 6.35. The van der Waals surface area contributed by atoms with Crippen LogP contribution >= 0.6 is 23.2 Å². The summed E-state index contributed by atoms with van der Waals surface area (Å²) in [5, 5.41) is 9.51. The van der Waals surface area contributed by atoms with Crippen molar-refractivity contribution >= 4 is 52.0 Å². The Labute approximate surface area is 232 Å². The number of hydrazone groups is 1. The second-order valence-electron chi connectivity index (χ2n) is 8.95. The van der Waals surface area contributed by atoms with Gasteiger partial charge in [0.2, 0.25) is 0 Å². The quantitative estimate of drug-likeness (QED) is 0.183. The van der Waals surface area contributed by atoms with Gasteiger partial charge >= 0.3 is 0 Å². The molecule has 0 unspecified atom stereocenters. The Kier molecular flexibility index (Phi) is 10.4. The number of benzene rings is 3. The summed E-state index contributed by atoms with van der Waals surface area (Å²) in [6, 6.07) is 15.3. The van der Waals surface area contributed by atoms with Gasteiger partial charge in [-0.25, -0.2) is 5.43 Å². The zero-order valence-corrected chi connectivity index (χ0v) is 22.8. The Morgan fingerprint density at radius 2 is 1.79 bits per heavy atom. The lowest BCUT2D eigenvalue weighted by atomic mass is 10.0. The predicted molar refractivity (Wildman–Crippen MR) is 152 cm³/mol. The molecule has 38 heavy (non-hydrogen) atoms. The molecule has 3 rings (SSSR count). The van der Waals surface area contributed by atoms with E-state index in [1.807, 2.05) is 44.2 Å². The summed E-state index contributed by atoms with van der Waals surface area (Å²) in [6.45, 7) is 5.57. The van der Waals surface area contributed by atoms with Crippen molar-refractivity contribution in [1.82, 2.24) is 10.7 Å². The zero-order chi connectivity index (χ0) is 27.7. The molecule has 0 aliphatic carbocycles. The number of hydrogen-bond acceptors (Lipinski definition) is 5. The van der Waals surface area contributed by atoms with Gasteiger partial charge in [0.05, 0.1) is 11.2 Å². The minimum Gasteiger partial charge on any atom is -0.480 e. The van der Waals surface area contributed by atoms with Crippen molar-refractivity contribution in [3.05, 3.63) is 70.2 Å². The molecule has 0 saturated carbocycles. The van der Waals surface area contributed by atoms with Crippen LogP contribution in [0, 0.1) is 18.3 Å². The molecular formula is C29H29Cl2N3O4. The molecule has 0 bridgehead atoms. The fourth-order valence-electron chi connectivity index (χ4n) is 3.70. The van der Waals surface area contributed by atoms with Crippen LogP contribution in [0.3, 0.4) is 0 Å². The molecular weight excluding hydrogens is 525 g/mol. The fraction of sp³-hybridized carbons (Fsp3) is 0.276. The Bertz CT molecular complexity index is 1370. The SMILES string of the molecule is C#CCOc1ccc2ccccc2c1/C=N\NC(=O)[C@@H](CC(C)C)NC(=O)[C@@H](C)Oc1ccc(Cl)cc1Cl. The maximum atomic E-state index is 13.0. The maximum absolute atomic E-state index is 13.0. The number of carbonyl (C=O) groups excluding carboxylic acids is 2. The van der Waals surface area contributed by atoms with Crippen LogP contribution in [0.25, 0.3) is 10.8 Å². The third-order valence-corrected chi connectivity index (χ3v) is 6.05. The second-order valence-corrected chi connectivity index (χ2v) is 9.79. The highest BCUT2D eigenvalue weighted by Crippen LogP contribution is 2.29. The van der Waals surface area contributed by atoms with Gasteiger partial charge in [-0.1, -0.05) is 73.3 Å². The van der Waals surface area contributed by atoms with Crippen LogP contribution in [0.1, 0.15) is 32.8 Å². The van der Waals surface area contributed by atoms with Crippen LogP contribution in [0.15, 0.2) is 59.7 Å². The largest absolute Gasteiger partial charge is 0.480 e. The fourth-order valence-corrected chi connectivity index (χ4v) is 4.15. The van der Waals surface area contributed by atoms with Gasteiger partial charge in [0.15, 0.2) is 6.10 Å². The summed E-state index contributed by atoms with van der Waals surface area (Å²) < 4.78 is 11.3. The van der Waals surface area contributed by atoms with Gasteiger partial charge in [-0.3, -0.25) is 9.59 Å². The number of hydrogen-bond donors (Lipinski definition) is 2. The van der Waals surface area contributed by atoms with E-state index in [0.717, 1.165) is 10.8 Å². The number of amides is 2. The summed E-state index contributed by atoms with van der Waals surface area (Å²) in [5.74, 6) is 2.48. The van der Waals surface area contributed by atoms with Gasteiger partial charge in [0.1, 0.15) is 24.1 Å². The zero-order valence-electron chi connectivity index (χ0n) is 21.3. The Morgan fingerprint density at radius 3 is 2.50 bits per heavy atom. The van der Waals surface area contributed by atoms with E-state index in [-0.39, 0.29) is 17.5 Å². The van der Waals surface area contributed by atoms with Gasteiger partial charge in [-0.15, -0.1) is 6.42 Å². The molecule has 2 atom stereocenters. The topological polar surface area (TPSA) is 89.0 Å². The lowest BCUT2D eigenvalue weighted by Crippen LogP contribution is -2.49. The molecule has 2 amide bonds. The molecule has 3 aromatic carbocycles. The van der Waals surface area contributed by atoms with Crippen molar-refractivity contribution in [2.75, 3.05) is 6.61 Å². The van der Waals surface area contributed by atoms with Crippen LogP contribution in [-0.2, 0) is 9.59 Å². The molecule has 0 radical (unpaired) electrons. The van der Waals surface area contributed by atoms with Crippen molar-refractivity contribution in [2.24, 2.45) is 11.0 Å². The number of nitrogens with zero attached hydrogens (tertiary/aromatic N) is 1. The summed E-state index contributed by atoms with van der Waals surface area (Å²) in [4.78, 5) is 25.9. The number of ether oxygens (including phenoxy) is 2. The molecule has 0 aliphatic rings.